The monoisotopic (exact) mass is 1690 g/mol. The highest BCUT2D eigenvalue weighted by atomic mass is 32.1. The zero-order valence-electron chi connectivity index (χ0n) is 77.7. The number of nitrogens with zero attached hydrogens (tertiary/aromatic N) is 2. The smallest absolute Gasteiger partial charge is 0.328 e. The Labute approximate surface area is 738 Å². The van der Waals surface area contributed by atoms with E-state index < -0.39 is 23.9 Å². The molecule has 0 aliphatic heterocycles. The SMILES string of the molecule is CCCCCc1cc(-c2ccsc2/C=C/C(C)=C/C(=O)O)c(OCCC)c(C(C)(C)C)c1.CCCOc1c(-c2ccsc2/C=C/C(C)=C/C(=O)O)cc(CCC)cc1C(C)(C)C.CCOc1c(-c2ccncc2/C=C/C(C)=C/C(=O)O)cc(C(C)C)cc1C(C)C.CCOc1c(-c2cnccc2/C=C/C(C)=C/C(=O)O)cc(C(C)(C)C)cc1C(C)(C)C. The Kier molecular flexibility index (Phi) is 40.5. The molecular formula is C106H138N2O12S2. The number of hydrogen-bond donors (Lipinski definition) is 4. The van der Waals surface area contributed by atoms with Crippen LogP contribution in [-0.4, -0.2) is 80.7 Å². The van der Waals surface area contributed by atoms with Crippen LogP contribution in [0.2, 0.25) is 0 Å². The number of carboxylic acid groups (broad SMARTS) is 4. The summed E-state index contributed by atoms with van der Waals surface area (Å²) in [4.78, 5) is 54.6. The van der Waals surface area contributed by atoms with Crippen molar-refractivity contribution in [1.82, 2.24) is 9.97 Å². The number of hydrogen-bond acceptors (Lipinski definition) is 12. The van der Waals surface area contributed by atoms with Gasteiger partial charge in [-0.1, -0.05) is 218 Å². The molecule has 122 heavy (non-hydrogen) atoms. The maximum absolute atomic E-state index is 11.0. The summed E-state index contributed by atoms with van der Waals surface area (Å²) in [7, 11) is 0. The van der Waals surface area contributed by atoms with Gasteiger partial charge in [0.25, 0.3) is 0 Å². The van der Waals surface area contributed by atoms with Crippen LogP contribution in [0.4, 0.5) is 0 Å². The minimum absolute atomic E-state index is 0.0292. The minimum Gasteiger partial charge on any atom is -0.493 e. The van der Waals surface area contributed by atoms with Gasteiger partial charge in [0.15, 0.2) is 0 Å². The van der Waals surface area contributed by atoms with E-state index in [4.69, 9.17) is 39.4 Å². The van der Waals surface area contributed by atoms with Gasteiger partial charge in [-0.2, -0.15) is 0 Å². The molecule has 0 aliphatic rings. The normalized spacial score (nSPS) is 12.6. The van der Waals surface area contributed by atoms with Crippen LogP contribution in [0.5, 0.6) is 23.0 Å². The Hall–Kier alpha value is -10.4. The first-order valence-electron chi connectivity index (χ1n) is 43.1. The molecule has 4 aromatic heterocycles. The van der Waals surface area contributed by atoms with E-state index >= 15 is 0 Å². The second-order valence-electron chi connectivity index (χ2n) is 35.6. The van der Waals surface area contributed by atoms with Crippen LogP contribution in [-0.2, 0) is 53.7 Å². The van der Waals surface area contributed by atoms with E-state index in [1.165, 1.54) is 82.5 Å². The number of benzene rings is 4. The summed E-state index contributed by atoms with van der Waals surface area (Å²) in [5.41, 5.74) is 23.0. The van der Waals surface area contributed by atoms with E-state index in [1.807, 2.05) is 74.7 Å². The van der Waals surface area contributed by atoms with E-state index in [1.54, 1.807) is 75.0 Å². The van der Waals surface area contributed by atoms with Crippen LogP contribution < -0.4 is 18.9 Å². The molecule has 0 unspecified atom stereocenters. The van der Waals surface area contributed by atoms with E-state index in [-0.39, 0.29) is 21.7 Å². The number of carbonyl (C=O) groups is 4. The van der Waals surface area contributed by atoms with Gasteiger partial charge in [-0.15, -0.1) is 22.7 Å². The van der Waals surface area contributed by atoms with Gasteiger partial charge < -0.3 is 39.4 Å². The lowest BCUT2D eigenvalue weighted by molar-refractivity contribution is -0.132. The molecule has 0 fully saturated rings. The zero-order valence-corrected chi connectivity index (χ0v) is 79.4. The van der Waals surface area contributed by atoms with Gasteiger partial charge in [-0.25, -0.2) is 19.2 Å². The Morgan fingerprint density at radius 3 is 1.22 bits per heavy atom. The van der Waals surface area contributed by atoms with Gasteiger partial charge >= 0.3 is 23.9 Å². The molecule has 0 spiro atoms. The average molecular weight is 1700 g/mol. The standard InChI is InChI=1S/C28H38O3S.C27H35NO3.C26H34O3S.C25H31NO3/c1-7-9-10-11-21-18-23(27(31-15-8-2)24(19-21)28(4,5)6)22-14-16-32-25(22)13-12-20(3)17-26(29)30;1-9-31-25-21(15-20(26(3,4)5)16-23(25)27(6,7)8)22-17-28-13-12-19(22)11-10-18(2)14-24(29)30;1-7-9-19-16-21(25(29-13-8-2)22(17-19)26(4,5)6)20-12-14-30-23(20)11-10-18(3)15-24(27)28;1-7-29-25-22(17(4)5)13-20(16(2)3)14-23(25)21-10-11-26-15-19(21)9-8-18(6)12-24(27)28/h12-14,16-19H,7-11,15H2,1-6H3,(H,29,30);10-17H,9H2,1-8H3,(H,29,30);10-12,14-17H,7-9,13H2,1-6H3,(H,27,28);8-17H,7H2,1-6H3,(H,27,28)/b13-12+,20-17+;11-10+,18-14+;11-10+,18-15+;9-8+,18-12+. The maximum atomic E-state index is 11.0. The van der Waals surface area contributed by atoms with Gasteiger partial charge in [-0.3, -0.25) is 9.97 Å². The van der Waals surface area contributed by atoms with Crippen LogP contribution in [0, 0.1) is 0 Å². The number of ether oxygens (including phenoxy) is 4. The van der Waals surface area contributed by atoms with Crippen molar-refractivity contribution in [3.8, 4) is 67.5 Å². The highest BCUT2D eigenvalue weighted by Crippen LogP contribution is 2.48. The molecule has 0 saturated heterocycles. The van der Waals surface area contributed by atoms with Crippen molar-refractivity contribution in [3.63, 3.8) is 0 Å². The van der Waals surface area contributed by atoms with Crippen LogP contribution >= 0.6 is 22.7 Å². The third kappa shape index (κ3) is 31.8. The number of aromatic nitrogens is 2. The maximum Gasteiger partial charge on any atom is 0.328 e. The fourth-order valence-corrected chi connectivity index (χ4v) is 15.2. The van der Waals surface area contributed by atoms with Crippen molar-refractivity contribution in [3.05, 3.63) is 245 Å². The van der Waals surface area contributed by atoms with Gasteiger partial charge in [-0.05, 0) is 240 Å². The fraction of sp³-hybridized carbons (Fsp3) is 0.415. The summed E-state index contributed by atoms with van der Waals surface area (Å²) in [5, 5.41) is 40.0. The summed E-state index contributed by atoms with van der Waals surface area (Å²) < 4.78 is 25.0. The predicted octanol–water partition coefficient (Wildman–Crippen LogP) is 29.0. The Balaban J connectivity index is 0.000000289. The van der Waals surface area contributed by atoms with Crippen LogP contribution in [0.1, 0.15) is 296 Å². The van der Waals surface area contributed by atoms with Crippen molar-refractivity contribution < 1.29 is 58.6 Å². The second kappa shape index (κ2) is 48.4. The summed E-state index contributed by atoms with van der Waals surface area (Å²) in [6.07, 6.45) is 35.9. The molecule has 0 radical (unpaired) electrons. The Bertz CT molecular complexity index is 5070. The Morgan fingerprint density at radius 1 is 0.393 bits per heavy atom. The number of allylic oxidation sites excluding steroid dienone is 8. The summed E-state index contributed by atoms with van der Waals surface area (Å²) in [5.74, 6) is 0.684. The molecule has 8 rings (SSSR count). The molecular weight excluding hydrogens is 1560 g/mol. The summed E-state index contributed by atoms with van der Waals surface area (Å²) in [6.45, 7) is 57.8. The van der Waals surface area contributed by atoms with Gasteiger partial charge in [0.1, 0.15) is 23.0 Å². The first kappa shape index (κ1) is 102. The van der Waals surface area contributed by atoms with Crippen molar-refractivity contribution in [2.24, 2.45) is 0 Å². The molecule has 0 aliphatic carbocycles. The van der Waals surface area contributed by atoms with Crippen molar-refractivity contribution >= 4 is 70.9 Å². The summed E-state index contributed by atoms with van der Waals surface area (Å²) in [6, 6.07) is 26.3. The van der Waals surface area contributed by atoms with E-state index in [2.05, 4.69) is 220 Å². The van der Waals surface area contributed by atoms with Crippen LogP contribution in [0.3, 0.4) is 0 Å². The quantitative estimate of drug-likeness (QED) is 0.0168. The number of aliphatic carboxylic acids is 4. The third-order valence-corrected chi connectivity index (χ3v) is 21.7. The molecule has 656 valence electrons. The van der Waals surface area contributed by atoms with E-state index in [0.29, 0.717) is 60.6 Å². The van der Waals surface area contributed by atoms with Crippen LogP contribution in [0.15, 0.2) is 179 Å². The number of thiophene rings is 2. The Morgan fingerprint density at radius 2 is 0.803 bits per heavy atom. The number of rotatable bonds is 34. The number of unbranched alkanes of at least 4 members (excludes halogenated alkanes) is 2. The van der Waals surface area contributed by atoms with Crippen molar-refractivity contribution in [2.75, 3.05) is 26.4 Å². The lowest BCUT2D eigenvalue weighted by Crippen LogP contribution is -2.18. The molecule has 0 saturated carbocycles. The third-order valence-electron chi connectivity index (χ3n) is 19.9. The molecule has 4 N–H and O–H groups in total. The predicted molar refractivity (Wildman–Crippen MR) is 515 cm³/mol. The molecule has 8 aromatic rings. The van der Waals surface area contributed by atoms with Gasteiger partial charge in [0.2, 0.25) is 0 Å². The zero-order chi connectivity index (χ0) is 91.0. The number of aryl methyl sites for hydroxylation is 2. The van der Waals surface area contributed by atoms with E-state index in [0.717, 1.165) is 126 Å². The molecule has 4 aromatic carbocycles. The molecule has 4 heterocycles. The second-order valence-corrected chi connectivity index (χ2v) is 37.5. The largest absolute Gasteiger partial charge is 0.493 e. The first-order valence-corrected chi connectivity index (χ1v) is 44.8. The first-order chi connectivity index (χ1) is 57.4. The topological polar surface area (TPSA) is 212 Å². The molecule has 14 nitrogen and oxygen atoms in total. The van der Waals surface area contributed by atoms with Crippen molar-refractivity contribution in [1.29, 1.82) is 0 Å². The van der Waals surface area contributed by atoms with Gasteiger partial charge in [0.05, 0.1) is 26.4 Å². The lowest BCUT2D eigenvalue weighted by Gasteiger charge is -2.29. The van der Waals surface area contributed by atoms with Gasteiger partial charge in [0, 0.05) is 120 Å². The number of carboxylic acids is 4. The van der Waals surface area contributed by atoms with Crippen molar-refractivity contribution in [2.45, 2.75) is 265 Å². The summed E-state index contributed by atoms with van der Waals surface area (Å²) >= 11 is 3.31. The minimum atomic E-state index is -0.955. The molecule has 0 amide bonds. The van der Waals surface area contributed by atoms with E-state index in [9.17, 15) is 19.2 Å². The molecule has 0 atom stereocenters. The lowest BCUT2D eigenvalue weighted by atomic mass is 9.78. The highest BCUT2D eigenvalue weighted by molar-refractivity contribution is 7.11. The number of pyridine rings is 2. The highest BCUT2D eigenvalue weighted by Gasteiger charge is 2.30. The molecule has 0 bridgehead atoms. The van der Waals surface area contributed by atoms with Crippen LogP contribution in [0.25, 0.3) is 68.8 Å². The fourth-order valence-electron chi connectivity index (χ4n) is 13.6. The molecule has 16 heteroatoms. The average Bonchev–Trinajstić information content (AvgIpc) is 1.01.